The minimum Gasteiger partial charge on any atom is -0.390 e. The number of carbonyl (C=O) groups is 1. The van der Waals surface area contributed by atoms with Crippen molar-refractivity contribution in [2.75, 3.05) is 16.8 Å². The number of carbonyl (C=O) groups excluding carboxylic acids is 1. The number of hydrogen-bond donors (Lipinski definition) is 2. The lowest BCUT2D eigenvalue weighted by molar-refractivity contribution is -0.137. The van der Waals surface area contributed by atoms with Crippen LogP contribution in [0.5, 0.6) is 0 Å². The summed E-state index contributed by atoms with van der Waals surface area (Å²) in [5, 5.41) is 26.2. The maximum absolute atomic E-state index is 13.4. The zero-order valence-electron chi connectivity index (χ0n) is 15.0. The number of amides is 1. The second kappa shape index (κ2) is 7.12. The van der Waals surface area contributed by atoms with Gasteiger partial charge < -0.3 is 15.3 Å². The molecule has 0 radical (unpaired) electrons. The SMILES string of the molecule is Cc1cc(C(F)(F)F)c(C#N)c(N2CC[C@H](O)[C@H]2C(=O)Nc2ccn(C)n2)n1. The number of halogens is 3. The molecule has 148 valence electrons. The highest BCUT2D eigenvalue weighted by molar-refractivity contribution is 5.97. The van der Waals surface area contributed by atoms with Crippen molar-refractivity contribution in [3.8, 4) is 6.07 Å². The van der Waals surface area contributed by atoms with Gasteiger partial charge in [0, 0.05) is 31.5 Å². The van der Waals surface area contributed by atoms with Gasteiger partial charge in [-0.2, -0.15) is 23.5 Å². The summed E-state index contributed by atoms with van der Waals surface area (Å²) in [5.41, 5.74) is -1.75. The highest BCUT2D eigenvalue weighted by Gasteiger charge is 2.43. The quantitative estimate of drug-likeness (QED) is 0.819. The first kappa shape index (κ1) is 19.6. The number of anilines is 2. The van der Waals surface area contributed by atoms with Crippen LogP contribution in [0.1, 0.15) is 23.2 Å². The first-order valence-electron chi connectivity index (χ1n) is 8.36. The maximum atomic E-state index is 13.4. The topological polar surface area (TPSA) is 107 Å². The number of pyridine rings is 1. The third-order valence-corrected chi connectivity index (χ3v) is 4.42. The molecular formula is C17H17F3N6O2. The minimum absolute atomic E-state index is 0.0478. The molecule has 0 bridgehead atoms. The van der Waals surface area contributed by atoms with Crippen molar-refractivity contribution >= 4 is 17.5 Å². The van der Waals surface area contributed by atoms with Crippen molar-refractivity contribution in [3.63, 3.8) is 0 Å². The van der Waals surface area contributed by atoms with E-state index < -0.39 is 35.4 Å². The van der Waals surface area contributed by atoms with E-state index in [2.05, 4.69) is 15.4 Å². The Bertz CT molecular complexity index is 949. The van der Waals surface area contributed by atoms with Crippen LogP contribution in [-0.4, -0.2) is 44.5 Å². The molecule has 2 atom stereocenters. The lowest BCUT2D eigenvalue weighted by Gasteiger charge is -2.28. The van der Waals surface area contributed by atoms with E-state index in [1.165, 1.54) is 22.6 Å². The molecular weight excluding hydrogens is 377 g/mol. The number of nitrogens with zero attached hydrogens (tertiary/aromatic N) is 5. The third-order valence-electron chi connectivity index (χ3n) is 4.42. The summed E-state index contributed by atoms with van der Waals surface area (Å²) in [4.78, 5) is 18.0. The molecule has 2 N–H and O–H groups in total. The van der Waals surface area contributed by atoms with E-state index in [9.17, 15) is 28.3 Å². The highest BCUT2D eigenvalue weighted by Crippen LogP contribution is 2.37. The number of aliphatic hydroxyl groups is 1. The van der Waals surface area contributed by atoms with Crippen molar-refractivity contribution in [2.24, 2.45) is 7.05 Å². The van der Waals surface area contributed by atoms with Crippen LogP contribution in [0, 0.1) is 18.3 Å². The van der Waals surface area contributed by atoms with E-state index in [0.29, 0.717) is 0 Å². The smallest absolute Gasteiger partial charge is 0.390 e. The number of aryl methyl sites for hydroxylation is 2. The second-order valence-electron chi connectivity index (χ2n) is 6.48. The van der Waals surface area contributed by atoms with Gasteiger partial charge in [-0.05, 0) is 19.4 Å². The number of aromatic nitrogens is 3. The van der Waals surface area contributed by atoms with Crippen LogP contribution in [0.4, 0.5) is 24.8 Å². The zero-order valence-corrected chi connectivity index (χ0v) is 15.0. The van der Waals surface area contributed by atoms with E-state index in [4.69, 9.17) is 0 Å². The molecule has 1 aliphatic rings. The van der Waals surface area contributed by atoms with Crippen molar-refractivity contribution in [1.29, 1.82) is 5.26 Å². The van der Waals surface area contributed by atoms with E-state index in [-0.39, 0.29) is 30.3 Å². The Labute approximate surface area is 158 Å². The molecule has 1 saturated heterocycles. The summed E-state index contributed by atoms with van der Waals surface area (Å²) in [7, 11) is 1.65. The van der Waals surface area contributed by atoms with Gasteiger partial charge in [-0.15, -0.1) is 0 Å². The molecule has 0 unspecified atom stereocenters. The van der Waals surface area contributed by atoms with Crippen LogP contribution in [0.3, 0.4) is 0 Å². The Kier molecular flexibility index (Phi) is 4.99. The van der Waals surface area contributed by atoms with Crippen LogP contribution in [0.2, 0.25) is 0 Å². The minimum atomic E-state index is -4.75. The van der Waals surface area contributed by atoms with Crippen LogP contribution in [0.15, 0.2) is 18.3 Å². The number of aliphatic hydroxyl groups excluding tert-OH is 1. The van der Waals surface area contributed by atoms with Crippen molar-refractivity contribution in [1.82, 2.24) is 14.8 Å². The molecule has 3 heterocycles. The van der Waals surface area contributed by atoms with Gasteiger partial charge in [0.1, 0.15) is 23.5 Å². The largest absolute Gasteiger partial charge is 0.417 e. The standard InChI is InChI=1S/C17H17F3N6O2/c1-9-7-11(17(18,19)20)10(8-21)15(22-9)26-6-3-12(27)14(26)16(28)23-13-4-5-25(2)24-13/h4-5,7,12,14,27H,3,6H2,1-2H3,(H,23,24,28)/t12-,14-/m0/s1. The van der Waals surface area contributed by atoms with Gasteiger partial charge in [0.15, 0.2) is 5.82 Å². The van der Waals surface area contributed by atoms with Gasteiger partial charge in [-0.1, -0.05) is 0 Å². The van der Waals surface area contributed by atoms with Crippen LogP contribution in [-0.2, 0) is 18.0 Å². The van der Waals surface area contributed by atoms with Gasteiger partial charge in [-0.3, -0.25) is 9.48 Å². The van der Waals surface area contributed by atoms with Crippen LogP contribution >= 0.6 is 0 Å². The summed E-state index contributed by atoms with van der Waals surface area (Å²) in [6.45, 7) is 1.44. The van der Waals surface area contributed by atoms with E-state index >= 15 is 0 Å². The first-order valence-corrected chi connectivity index (χ1v) is 8.36. The molecule has 2 aromatic rings. The van der Waals surface area contributed by atoms with E-state index in [1.54, 1.807) is 19.3 Å². The molecule has 1 fully saturated rings. The Hall–Kier alpha value is -3.13. The third kappa shape index (κ3) is 3.63. The average molecular weight is 394 g/mol. The number of rotatable bonds is 3. The molecule has 3 rings (SSSR count). The van der Waals surface area contributed by atoms with E-state index in [1.807, 2.05) is 0 Å². The van der Waals surface area contributed by atoms with Crippen molar-refractivity contribution in [2.45, 2.75) is 31.7 Å². The summed E-state index contributed by atoms with van der Waals surface area (Å²) >= 11 is 0. The van der Waals surface area contributed by atoms with E-state index in [0.717, 1.165) is 6.07 Å². The Morgan fingerprint density at radius 2 is 2.18 bits per heavy atom. The molecule has 1 amide bonds. The lowest BCUT2D eigenvalue weighted by Crippen LogP contribution is -2.46. The van der Waals surface area contributed by atoms with Gasteiger partial charge in [-0.25, -0.2) is 4.98 Å². The monoisotopic (exact) mass is 394 g/mol. The summed E-state index contributed by atoms with van der Waals surface area (Å²) in [6, 6.07) is 2.67. The summed E-state index contributed by atoms with van der Waals surface area (Å²) < 4.78 is 41.6. The lowest BCUT2D eigenvalue weighted by atomic mass is 10.1. The van der Waals surface area contributed by atoms with Crippen molar-refractivity contribution in [3.05, 3.63) is 35.2 Å². The highest BCUT2D eigenvalue weighted by atomic mass is 19.4. The molecule has 0 aliphatic carbocycles. The molecule has 2 aromatic heterocycles. The Morgan fingerprint density at radius 3 is 2.75 bits per heavy atom. The van der Waals surface area contributed by atoms with Crippen LogP contribution < -0.4 is 10.2 Å². The fraction of sp³-hybridized carbons (Fsp3) is 0.412. The fourth-order valence-electron chi connectivity index (χ4n) is 3.21. The predicted molar refractivity (Wildman–Crippen MR) is 92.3 cm³/mol. The van der Waals surface area contributed by atoms with Crippen LogP contribution in [0.25, 0.3) is 0 Å². The molecule has 8 nitrogen and oxygen atoms in total. The van der Waals surface area contributed by atoms with Gasteiger partial charge in [0.25, 0.3) is 5.91 Å². The first-order chi connectivity index (χ1) is 13.1. The molecule has 28 heavy (non-hydrogen) atoms. The van der Waals surface area contributed by atoms with Gasteiger partial charge >= 0.3 is 6.18 Å². The van der Waals surface area contributed by atoms with Crippen molar-refractivity contribution < 1.29 is 23.1 Å². The fourth-order valence-corrected chi connectivity index (χ4v) is 3.21. The predicted octanol–water partition coefficient (Wildman–Crippen LogP) is 1.59. The molecule has 0 aromatic carbocycles. The van der Waals surface area contributed by atoms with Gasteiger partial charge in [0.05, 0.1) is 11.7 Å². The second-order valence-corrected chi connectivity index (χ2v) is 6.48. The average Bonchev–Trinajstić information content (AvgIpc) is 3.18. The molecule has 11 heteroatoms. The number of nitrogens with one attached hydrogen (secondary N) is 1. The summed E-state index contributed by atoms with van der Waals surface area (Å²) in [5.74, 6) is -0.683. The maximum Gasteiger partial charge on any atom is 0.417 e. The Balaban J connectivity index is 2.01. The number of hydrogen-bond acceptors (Lipinski definition) is 6. The summed E-state index contributed by atoms with van der Waals surface area (Å²) in [6.07, 6.45) is -4.14. The zero-order chi connectivity index (χ0) is 20.6. The number of nitriles is 1. The normalized spacial score (nSPS) is 19.5. The molecule has 0 saturated carbocycles. The Morgan fingerprint density at radius 1 is 1.46 bits per heavy atom. The molecule has 1 aliphatic heterocycles. The number of alkyl halides is 3. The molecule has 0 spiro atoms. The van der Waals surface area contributed by atoms with Gasteiger partial charge in [0.2, 0.25) is 0 Å².